The fourth-order valence-corrected chi connectivity index (χ4v) is 2.43. The van der Waals surface area contributed by atoms with E-state index in [-0.39, 0.29) is 5.91 Å². The molecule has 3 aromatic rings. The lowest BCUT2D eigenvalue weighted by molar-refractivity contribution is 0.102. The number of rotatable bonds is 5. The number of nitrogens with one attached hydrogen (secondary N) is 1. The number of methoxy groups -OCH3 is 1. The van der Waals surface area contributed by atoms with Gasteiger partial charge in [0.25, 0.3) is 5.91 Å². The molecular formula is C19H19N3O2. The van der Waals surface area contributed by atoms with Gasteiger partial charge in [-0.25, -0.2) is 0 Å². The van der Waals surface area contributed by atoms with Crippen LogP contribution in [-0.4, -0.2) is 22.8 Å². The predicted molar refractivity (Wildman–Crippen MR) is 93.5 cm³/mol. The Balaban J connectivity index is 1.69. The average Bonchev–Trinajstić information content (AvgIpc) is 3.04. The molecule has 122 valence electrons. The molecule has 0 unspecified atom stereocenters. The van der Waals surface area contributed by atoms with Crippen LogP contribution in [0.25, 0.3) is 0 Å². The summed E-state index contributed by atoms with van der Waals surface area (Å²) in [4.78, 5) is 12.3. The summed E-state index contributed by atoms with van der Waals surface area (Å²) in [5.74, 6) is 0.958. The smallest absolute Gasteiger partial charge is 0.256 e. The quantitative estimate of drug-likeness (QED) is 0.782. The number of carbonyl (C=O) groups excluding carboxylic acids is 1. The third kappa shape index (κ3) is 3.63. The van der Waals surface area contributed by atoms with E-state index in [1.807, 2.05) is 23.0 Å². The van der Waals surface area contributed by atoms with E-state index in [0.29, 0.717) is 23.7 Å². The van der Waals surface area contributed by atoms with Crippen LogP contribution >= 0.6 is 0 Å². The van der Waals surface area contributed by atoms with Crippen molar-refractivity contribution in [2.75, 3.05) is 12.4 Å². The fraction of sp³-hybridized carbons (Fsp3) is 0.158. The van der Waals surface area contributed by atoms with Gasteiger partial charge >= 0.3 is 0 Å². The third-order valence-corrected chi connectivity index (χ3v) is 3.81. The molecule has 5 nitrogen and oxygen atoms in total. The minimum Gasteiger partial charge on any atom is -0.497 e. The van der Waals surface area contributed by atoms with Gasteiger partial charge in [0.2, 0.25) is 0 Å². The Morgan fingerprint density at radius 1 is 1.17 bits per heavy atom. The van der Waals surface area contributed by atoms with Crippen molar-refractivity contribution >= 4 is 11.7 Å². The Labute approximate surface area is 140 Å². The number of aromatic nitrogens is 2. The first-order chi connectivity index (χ1) is 11.7. The molecule has 0 spiro atoms. The van der Waals surface area contributed by atoms with E-state index < -0.39 is 0 Å². The first kappa shape index (κ1) is 15.8. The zero-order chi connectivity index (χ0) is 16.9. The fourth-order valence-electron chi connectivity index (χ4n) is 2.43. The van der Waals surface area contributed by atoms with E-state index >= 15 is 0 Å². The molecule has 0 saturated heterocycles. The van der Waals surface area contributed by atoms with Gasteiger partial charge in [0.15, 0.2) is 5.82 Å². The van der Waals surface area contributed by atoms with E-state index in [9.17, 15) is 4.79 Å². The van der Waals surface area contributed by atoms with Gasteiger partial charge in [-0.15, -0.1) is 0 Å². The van der Waals surface area contributed by atoms with Crippen molar-refractivity contribution < 1.29 is 9.53 Å². The molecule has 0 aliphatic heterocycles. The van der Waals surface area contributed by atoms with E-state index in [0.717, 1.165) is 0 Å². The average molecular weight is 321 g/mol. The van der Waals surface area contributed by atoms with Gasteiger partial charge in [-0.3, -0.25) is 9.48 Å². The zero-order valence-electron chi connectivity index (χ0n) is 13.7. The molecule has 1 heterocycles. The maximum atomic E-state index is 12.3. The molecule has 0 atom stereocenters. The summed E-state index contributed by atoms with van der Waals surface area (Å²) >= 11 is 0. The molecule has 0 fully saturated rings. The van der Waals surface area contributed by atoms with Gasteiger partial charge in [-0.2, -0.15) is 5.10 Å². The molecule has 24 heavy (non-hydrogen) atoms. The van der Waals surface area contributed by atoms with E-state index in [1.54, 1.807) is 37.4 Å². The number of amides is 1. The van der Waals surface area contributed by atoms with Crippen molar-refractivity contribution in [3.8, 4) is 5.75 Å². The van der Waals surface area contributed by atoms with Crippen LogP contribution in [0.3, 0.4) is 0 Å². The second-order valence-electron chi connectivity index (χ2n) is 5.51. The van der Waals surface area contributed by atoms with Crippen LogP contribution in [0, 0.1) is 6.92 Å². The standard InChI is InChI=1S/C19H19N3O2/c1-14-6-3-4-7-16(14)13-22-11-10-18(21-22)20-19(23)15-8-5-9-17(12-15)24-2/h3-12H,13H2,1-2H3,(H,20,21,23). The maximum absolute atomic E-state index is 12.3. The number of anilines is 1. The lowest BCUT2D eigenvalue weighted by atomic mass is 10.1. The molecule has 1 N–H and O–H groups in total. The molecule has 3 rings (SSSR count). The lowest BCUT2D eigenvalue weighted by Gasteiger charge is -2.06. The summed E-state index contributed by atoms with van der Waals surface area (Å²) in [6, 6.07) is 17.0. The van der Waals surface area contributed by atoms with Crippen molar-refractivity contribution in [2.24, 2.45) is 0 Å². The van der Waals surface area contributed by atoms with Gasteiger partial charge in [0.1, 0.15) is 5.75 Å². The van der Waals surface area contributed by atoms with Gasteiger partial charge in [-0.05, 0) is 36.2 Å². The Bertz CT molecular complexity index is 855. The molecule has 1 aromatic heterocycles. The SMILES string of the molecule is COc1cccc(C(=O)Nc2ccn(Cc3ccccc3C)n2)c1. The van der Waals surface area contributed by atoms with Crippen molar-refractivity contribution in [1.82, 2.24) is 9.78 Å². The first-order valence-corrected chi connectivity index (χ1v) is 7.69. The number of nitrogens with zero attached hydrogens (tertiary/aromatic N) is 2. The maximum Gasteiger partial charge on any atom is 0.256 e. The van der Waals surface area contributed by atoms with Gasteiger partial charge < -0.3 is 10.1 Å². The summed E-state index contributed by atoms with van der Waals surface area (Å²) in [6.45, 7) is 2.74. The van der Waals surface area contributed by atoms with Crippen LogP contribution < -0.4 is 10.1 Å². The van der Waals surface area contributed by atoms with Crippen molar-refractivity contribution in [3.05, 3.63) is 77.5 Å². The van der Waals surface area contributed by atoms with Crippen molar-refractivity contribution in [1.29, 1.82) is 0 Å². The van der Waals surface area contributed by atoms with E-state index in [1.165, 1.54) is 11.1 Å². The highest BCUT2D eigenvalue weighted by Crippen LogP contribution is 2.15. The summed E-state index contributed by atoms with van der Waals surface area (Å²) in [5.41, 5.74) is 2.95. The third-order valence-electron chi connectivity index (χ3n) is 3.81. The van der Waals surface area contributed by atoms with Crippen LogP contribution in [0.15, 0.2) is 60.8 Å². The van der Waals surface area contributed by atoms with Crippen molar-refractivity contribution in [2.45, 2.75) is 13.5 Å². The van der Waals surface area contributed by atoms with Crippen LogP contribution in [-0.2, 0) is 6.54 Å². The monoisotopic (exact) mass is 321 g/mol. The molecule has 0 saturated carbocycles. The van der Waals surface area contributed by atoms with Crippen LogP contribution in [0.2, 0.25) is 0 Å². The van der Waals surface area contributed by atoms with Gasteiger partial charge in [0, 0.05) is 17.8 Å². The number of benzene rings is 2. The van der Waals surface area contributed by atoms with Crippen LogP contribution in [0.1, 0.15) is 21.5 Å². The largest absolute Gasteiger partial charge is 0.497 e. The van der Waals surface area contributed by atoms with Crippen LogP contribution in [0.4, 0.5) is 5.82 Å². The second kappa shape index (κ2) is 7.00. The van der Waals surface area contributed by atoms with Gasteiger partial charge in [0.05, 0.1) is 13.7 Å². The van der Waals surface area contributed by atoms with Crippen molar-refractivity contribution in [3.63, 3.8) is 0 Å². The minimum absolute atomic E-state index is 0.213. The molecule has 0 aliphatic carbocycles. The number of hydrogen-bond donors (Lipinski definition) is 1. The topological polar surface area (TPSA) is 56.1 Å². The lowest BCUT2D eigenvalue weighted by Crippen LogP contribution is -2.13. The molecule has 0 aliphatic rings. The summed E-state index contributed by atoms with van der Waals surface area (Å²) in [6.07, 6.45) is 1.85. The highest BCUT2D eigenvalue weighted by atomic mass is 16.5. The summed E-state index contributed by atoms with van der Waals surface area (Å²) in [7, 11) is 1.57. The minimum atomic E-state index is -0.213. The Kier molecular flexibility index (Phi) is 4.61. The number of carbonyl (C=O) groups is 1. The van der Waals surface area contributed by atoms with Crippen LogP contribution in [0.5, 0.6) is 5.75 Å². The summed E-state index contributed by atoms with van der Waals surface area (Å²) in [5, 5.41) is 7.21. The number of ether oxygens (including phenoxy) is 1. The predicted octanol–water partition coefficient (Wildman–Crippen LogP) is 3.50. The molecule has 0 radical (unpaired) electrons. The van der Waals surface area contributed by atoms with E-state index in [4.69, 9.17) is 4.74 Å². The highest BCUT2D eigenvalue weighted by Gasteiger charge is 2.09. The molecule has 2 aromatic carbocycles. The number of hydrogen-bond acceptors (Lipinski definition) is 3. The molecular weight excluding hydrogens is 302 g/mol. The Morgan fingerprint density at radius 3 is 2.79 bits per heavy atom. The van der Waals surface area contributed by atoms with E-state index in [2.05, 4.69) is 29.5 Å². The first-order valence-electron chi connectivity index (χ1n) is 7.69. The molecule has 0 bridgehead atoms. The van der Waals surface area contributed by atoms with Gasteiger partial charge in [-0.1, -0.05) is 30.3 Å². The zero-order valence-corrected chi connectivity index (χ0v) is 13.7. The molecule has 1 amide bonds. The highest BCUT2D eigenvalue weighted by molar-refractivity contribution is 6.03. The number of aryl methyl sites for hydroxylation is 1. The summed E-state index contributed by atoms with van der Waals surface area (Å²) < 4.78 is 6.95. The Morgan fingerprint density at radius 2 is 2.00 bits per heavy atom. The second-order valence-corrected chi connectivity index (χ2v) is 5.51. The Hall–Kier alpha value is -3.08. The normalized spacial score (nSPS) is 10.4. The molecule has 5 heteroatoms.